The number of aromatic nitrogens is 4. The maximum atomic E-state index is 11.8. The molecule has 0 radical (unpaired) electrons. The molecule has 0 aliphatic rings. The second kappa shape index (κ2) is 4.19. The molecule has 1 aromatic carbocycles. The molecule has 2 N–H and O–H groups in total. The molecule has 0 amide bonds. The number of nitrogens with zero attached hydrogens (tertiary/aromatic N) is 2. The van der Waals surface area contributed by atoms with Crippen LogP contribution in [0.15, 0.2) is 27.8 Å². The van der Waals surface area contributed by atoms with E-state index in [4.69, 9.17) is 0 Å². The van der Waals surface area contributed by atoms with Gasteiger partial charge in [0.25, 0.3) is 5.56 Å². The van der Waals surface area contributed by atoms with Crippen molar-refractivity contribution in [3.8, 4) is 11.4 Å². The number of H-pyrrole nitrogens is 2. The van der Waals surface area contributed by atoms with E-state index in [0.717, 1.165) is 16.7 Å². The van der Waals surface area contributed by atoms with Crippen LogP contribution < -0.4 is 11.2 Å². The van der Waals surface area contributed by atoms with Crippen molar-refractivity contribution in [2.75, 3.05) is 0 Å². The number of aromatic amines is 2. The average molecular weight is 270 g/mol. The molecule has 0 atom stereocenters. The van der Waals surface area contributed by atoms with Crippen LogP contribution >= 0.6 is 0 Å². The summed E-state index contributed by atoms with van der Waals surface area (Å²) in [4.78, 5) is 33.0. The Morgan fingerprint density at radius 3 is 2.65 bits per heavy atom. The Hall–Kier alpha value is -2.63. The predicted molar refractivity (Wildman–Crippen MR) is 76.9 cm³/mol. The van der Waals surface area contributed by atoms with Crippen molar-refractivity contribution in [2.24, 2.45) is 7.05 Å². The van der Waals surface area contributed by atoms with Gasteiger partial charge in [0.05, 0.1) is 0 Å². The summed E-state index contributed by atoms with van der Waals surface area (Å²) >= 11 is 0. The molecule has 2 heterocycles. The van der Waals surface area contributed by atoms with Gasteiger partial charge >= 0.3 is 5.69 Å². The van der Waals surface area contributed by atoms with Crippen LogP contribution in [0.3, 0.4) is 0 Å². The summed E-state index contributed by atoms with van der Waals surface area (Å²) in [6.07, 6.45) is 0. The first kappa shape index (κ1) is 12.4. The molecule has 0 bridgehead atoms. The summed E-state index contributed by atoms with van der Waals surface area (Å²) < 4.78 is 1.32. The first-order valence-electron chi connectivity index (χ1n) is 6.24. The second-order valence-electron chi connectivity index (χ2n) is 4.92. The van der Waals surface area contributed by atoms with Gasteiger partial charge in [0, 0.05) is 12.6 Å². The van der Waals surface area contributed by atoms with Crippen molar-refractivity contribution in [1.29, 1.82) is 0 Å². The van der Waals surface area contributed by atoms with Crippen LogP contribution in [0.1, 0.15) is 11.1 Å². The lowest BCUT2D eigenvalue weighted by atomic mass is 10.1. The Kier molecular flexibility index (Phi) is 2.60. The Balaban J connectivity index is 2.37. The molecule has 0 saturated heterocycles. The minimum absolute atomic E-state index is 0.308. The molecule has 20 heavy (non-hydrogen) atoms. The number of fused-ring (bicyclic) bond motifs is 1. The van der Waals surface area contributed by atoms with Crippen LogP contribution in [0.4, 0.5) is 0 Å². The van der Waals surface area contributed by atoms with Gasteiger partial charge in [-0.3, -0.25) is 14.3 Å². The van der Waals surface area contributed by atoms with Crippen molar-refractivity contribution >= 4 is 11.2 Å². The van der Waals surface area contributed by atoms with E-state index < -0.39 is 11.2 Å². The molecule has 6 nitrogen and oxygen atoms in total. The molecule has 0 aliphatic heterocycles. The van der Waals surface area contributed by atoms with Gasteiger partial charge in [-0.05, 0) is 25.5 Å². The fraction of sp³-hybridized carbons (Fsp3) is 0.214. The van der Waals surface area contributed by atoms with Crippen LogP contribution in [-0.4, -0.2) is 19.5 Å². The summed E-state index contributed by atoms with van der Waals surface area (Å²) in [5.74, 6) is 0.591. The summed E-state index contributed by atoms with van der Waals surface area (Å²) in [6, 6.07) is 6.02. The number of rotatable bonds is 1. The van der Waals surface area contributed by atoms with Gasteiger partial charge in [0.2, 0.25) is 0 Å². The number of benzene rings is 1. The van der Waals surface area contributed by atoms with Gasteiger partial charge in [-0.1, -0.05) is 17.7 Å². The first-order chi connectivity index (χ1) is 9.47. The lowest BCUT2D eigenvalue weighted by Crippen LogP contribution is -2.28. The van der Waals surface area contributed by atoms with E-state index in [1.165, 1.54) is 4.57 Å². The zero-order chi connectivity index (χ0) is 14.4. The minimum Gasteiger partial charge on any atom is -0.332 e. The quantitative estimate of drug-likeness (QED) is 0.697. The Morgan fingerprint density at radius 1 is 1.15 bits per heavy atom. The number of hydrogen-bond donors (Lipinski definition) is 2. The van der Waals surface area contributed by atoms with E-state index in [0.29, 0.717) is 17.0 Å². The highest BCUT2D eigenvalue weighted by atomic mass is 16.2. The molecule has 0 saturated carbocycles. The number of nitrogens with one attached hydrogen (secondary N) is 2. The topological polar surface area (TPSA) is 83.5 Å². The van der Waals surface area contributed by atoms with Gasteiger partial charge < -0.3 is 4.98 Å². The smallest absolute Gasteiger partial charge is 0.329 e. The van der Waals surface area contributed by atoms with Crippen LogP contribution in [-0.2, 0) is 7.05 Å². The molecule has 0 unspecified atom stereocenters. The second-order valence-corrected chi connectivity index (χ2v) is 4.92. The molecule has 2 aromatic heterocycles. The third-order valence-electron chi connectivity index (χ3n) is 3.40. The molecular formula is C14H14N4O2. The molecule has 102 valence electrons. The Labute approximate surface area is 114 Å². The first-order valence-corrected chi connectivity index (χ1v) is 6.24. The van der Waals surface area contributed by atoms with Gasteiger partial charge in [0.15, 0.2) is 5.65 Å². The summed E-state index contributed by atoms with van der Waals surface area (Å²) in [5.41, 5.74) is 2.82. The van der Waals surface area contributed by atoms with Crippen LogP contribution in [0.5, 0.6) is 0 Å². The zero-order valence-electron chi connectivity index (χ0n) is 11.4. The molecule has 6 heteroatoms. The zero-order valence-corrected chi connectivity index (χ0v) is 11.4. The van der Waals surface area contributed by atoms with Crippen LogP contribution in [0, 0.1) is 13.8 Å². The molecule has 3 rings (SSSR count). The molecule has 0 fully saturated rings. The predicted octanol–water partition coefficient (Wildman–Crippen LogP) is 1.23. The molecular weight excluding hydrogens is 256 g/mol. The summed E-state index contributed by atoms with van der Waals surface area (Å²) in [7, 11) is 1.58. The SMILES string of the molecule is Cc1ccc(C)c(-c2nc3c([nH]2)c(=O)[nH]c(=O)n3C)c1. The van der Waals surface area contributed by atoms with E-state index in [2.05, 4.69) is 15.0 Å². The highest BCUT2D eigenvalue weighted by Gasteiger charge is 2.13. The largest absolute Gasteiger partial charge is 0.332 e. The minimum atomic E-state index is -0.471. The Morgan fingerprint density at radius 2 is 1.90 bits per heavy atom. The number of imidazole rings is 1. The lowest BCUT2D eigenvalue weighted by Gasteiger charge is -2.03. The maximum Gasteiger partial charge on any atom is 0.329 e. The van der Waals surface area contributed by atoms with Gasteiger partial charge in [0.1, 0.15) is 11.3 Å². The van der Waals surface area contributed by atoms with E-state index in [1.54, 1.807) is 7.05 Å². The van der Waals surface area contributed by atoms with Crippen molar-refractivity contribution in [1.82, 2.24) is 19.5 Å². The third kappa shape index (κ3) is 1.77. The van der Waals surface area contributed by atoms with Gasteiger partial charge in [-0.25, -0.2) is 9.78 Å². The molecule has 3 aromatic rings. The fourth-order valence-electron chi connectivity index (χ4n) is 2.22. The van der Waals surface area contributed by atoms with Crippen molar-refractivity contribution in [3.05, 3.63) is 50.2 Å². The number of hydrogen-bond acceptors (Lipinski definition) is 3. The molecule has 0 aliphatic carbocycles. The Bertz CT molecular complexity index is 930. The van der Waals surface area contributed by atoms with Gasteiger partial charge in [-0.2, -0.15) is 0 Å². The molecule has 0 spiro atoms. The van der Waals surface area contributed by atoms with Crippen molar-refractivity contribution in [3.63, 3.8) is 0 Å². The standard InChI is InChI=1S/C14H14N4O2/c1-7-4-5-8(2)9(6-7)11-15-10-12(16-11)18(3)14(20)17-13(10)19/h4-6H,1-3H3,(H,15,16)(H,17,19,20). The van der Waals surface area contributed by atoms with Gasteiger partial charge in [-0.15, -0.1) is 0 Å². The van der Waals surface area contributed by atoms with Crippen LogP contribution in [0.2, 0.25) is 0 Å². The van der Waals surface area contributed by atoms with E-state index in [-0.39, 0.29) is 0 Å². The van der Waals surface area contributed by atoms with Crippen molar-refractivity contribution < 1.29 is 0 Å². The maximum absolute atomic E-state index is 11.8. The third-order valence-corrected chi connectivity index (χ3v) is 3.40. The number of aryl methyl sites for hydroxylation is 3. The van der Waals surface area contributed by atoms with Crippen molar-refractivity contribution in [2.45, 2.75) is 13.8 Å². The average Bonchev–Trinajstić information content (AvgIpc) is 2.84. The lowest BCUT2D eigenvalue weighted by molar-refractivity contribution is 0.832. The monoisotopic (exact) mass is 270 g/mol. The van der Waals surface area contributed by atoms with E-state index >= 15 is 0 Å². The summed E-state index contributed by atoms with van der Waals surface area (Å²) in [5, 5.41) is 0. The van der Waals surface area contributed by atoms with E-state index in [9.17, 15) is 9.59 Å². The normalized spacial score (nSPS) is 11.2. The highest BCUT2D eigenvalue weighted by Crippen LogP contribution is 2.22. The highest BCUT2D eigenvalue weighted by molar-refractivity contribution is 5.76. The summed E-state index contributed by atoms with van der Waals surface area (Å²) in [6.45, 7) is 3.97. The van der Waals surface area contributed by atoms with E-state index in [1.807, 2.05) is 32.0 Å². The fourth-order valence-corrected chi connectivity index (χ4v) is 2.22. The van der Waals surface area contributed by atoms with Crippen LogP contribution in [0.25, 0.3) is 22.6 Å².